The monoisotopic (exact) mass is 184 g/mol. The summed E-state index contributed by atoms with van der Waals surface area (Å²) in [6.45, 7) is 1.58. The Morgan fingerprint density at radius 1 is 1.38 bits per heavy atom. The molecule has 1 saturated carbocycles. The van der Waals surface area contributed by atoms with Gasteiger partial charge in [-0.05, 0) is 25.7 Å². The Hall–Kier alpha value is -0.860. The van der Waals surface area contributed by atoms with E-state index in [1.807, 2.05) is 0 Å². The molecule has 1 aliphatic rings. The molecule has 0 radical (unpaired) electrons. The van der Waals surface area contributed by atoms with E-state index < -0.39 is 0 Å². The third-order valence-corrected chi connectivity index (χ3v) is 2.71. The van der Waals surface area contributed by atoms with Crippen LogP contribution in [0.25, 0.3) is 0 Å². The minimum atomic E-state index is -0.149. The van der Waals surface area contributed by atoms with Crippen LogP contribution in [0, 0.1) is 11.8 Å². The molecule has 74 valence electrons. The van der Waals surface area contributed by atoms with Crippen LogP contribution in [0.1, 0.15) is 32.6 Å². The van der Waals surface area contributed by atoms with Crippen LogP contribution in [-0.4, -0.2) is 18.9 Å². The van der Waals surface area contributed by atoms with Gasteiger partial charge < -0.3 is 9.53 Å². The number of Topliss-reactive ketones (excluding diaryl/α,β-unsaturated/α-hetero) is 1. The number of hydrogen-bond acceptors (Lipinski definition) is 3. The fourth-order valence-corrected chi connectivity index (χ4v) is 2.11. The highest BCUT2D eigenvalue weighted by Crippen LogP contribution is 2.34. The zero-order valence-corrected chi connectivity index (χ0v) is 8.21. The quantitative estimate of drug-likeness (QED) is 0.625. The van der Waals surface area contributed by atoms with Crippen molar-refractivity contribution in [2.45, 2.75) is 32.6 Å². The molecule has 3 heteroatoms. The largest absolute Gasteiger partial charge is 0.469 e. The van der Waals surface area contributed by atoms with E-state index in [2.05, 4.69) is 0 Å². The second kappa shape index (κ2) is 4.40. The van der Waals surface area contributed by atoms with Gasteiger partial charge in [0, 0.05) is 6.42 Å². The minimum absolute atomic E-state index is 0.0334. The van der Waals surface area contributed by atoms with E-state index in [1.54, 1.807) is 6.92 Å². The first-order chi connectivity index (χ1) is 6.15. The van der Waals surface area contributed by atoms with Crippen LogP contribution in [0.2, 0.25) is 0 Å². The fraction of sp³-hybridized carbons (Fsp3) is 0.800. The summed E-state index contributed by atoms with van der Waals surface area (Å²) >= 11 is 0. The highest BCUT2D eigenvalue weighted by molar-refractivity contribution is 5.78. The maximum absolute atomic E-state index is 11.3. The van der Waals surface area contributed by atoms with Crippen molar-refractivity contribution in [1.29, 1.82) is 0 Å². The van der Waals surface area contributed by atoms with Crippen molar-refractivity contribution >= 4 is 11.8 Å². The zero-order chi connectivity index (χ0) is 9.84. The van der Waals surface area contributed by atoms with Gasteiger partial charge in [-0.1, -0.05) is 6.42 Å². The molecule has 0 saturated heterocycles. The molecule has 0 unspecified atom stereocenters. The van der Waals surface area contributed by atoms with Crippen LogP contribution in [0.15, 0.2) is 0 Å². The fourth-order valence-electron chi connectivity index (χ4n) is 2.11. The number of rotatable bonds is 3. The van der Waals surface area contributed by atoms with Crippen molar-refractivity contribution in [1.82, 2.24) is 0 Å². The third-order valence-electron chi connectivity index (χ3n) is 2.71. The Balaban J connectivity index is 2.53. The van der Waals surface area contributed by atoms with Crippen molar-refractivity contribution in [2.24, 2.45) is 11.8 Å². The van der Waals surface area contributed by atoms with Gasteiger partial charge in [0.2, 0.25) is 0 Å². The van der Waals surface area contributed by atoms with E-state index in [9.17, 15) is 9.59 Å². The predicted molar refractivity (Wildman–Crippen MR) is 48.1 cm³/mol. The molecule has 13 heavy (non-hydrogen) atoms. The van der Waals surface area contributed by atoms with Gasteiger partial charge in [0.05, 0.1) is 13.0 Å². The predicted octanol–water partition coefficient (Wildman–Crippen LogP) is 1.55. The number of ketones is 1. The summed E-state index contributed by atoms with van der Waals surface area (Å²) in [6, 6.07) is 0. The Bertz CT molecular complexity index is 210. The van der Waals surface area contributed by atoms with E-state index in [1.165, 1.54) is 7.11 Å². The highest BCUT2D eigenvalue weighted by atomic mass is 16.5. The number of esters is 1. The van der Waals surface area contributed by atoms with E-state index in [-0.39, 0.29) is 23.6 Å². The van der Waals surface area contributed by atoms with Crippen LogP contribution in [-0.2, 0) is 14.3 Å². The second-order valence-corrected chi connectivity index (χ2v) is 3.73. The summed E-state index contributed by atoms with van der Waals surface area (Å²) in [4.78, 5) is 22.2. The molecule has 0 N–H and O–H groups in total. The summed E-state index contributed by atoms with van der Waals surface area (Å²) in [5.74, 6) is 0.211. The van der Waals surface area contributed by atoms with Crippen molar-refractivity contribution < 1.29 is 14.3 Å². The number of methoxy groups -OCH3 is 1. The van der Waals surface area contributed by atoms with E-state index in [0.29, 0.717) is 6.42 Å². The molecule has 0 aliphatic heterocycles. The Kier molecular flexibility index (Phi) is 3.46. The lowest BCUT2D eigenvalue weighted by Gasteiger charge is -2.15. The first-order valence-electron chi connectivity index (χ1n) is 4.72. The highest BCUT2D eigenvalue weighted by Gasteiger charge is 2.34. The lowest BCUT2D eigenvalue weighted by atomic mass is 9.91. The van der Waals surface area contributed by atoms with Gasteiger partial charge in [0.15, 0.2) is 0 Å². The zero-order valence-electron chi connectivity index (χ0n) is 8.21. The lowest BCUT2D eigenvalue weighted by molar-refractivity contribution is -0.146. The molecule has 0 spiro atoms. The van der Waals surface area contributed by atoms with Crippen LogP contribution in [0.4, 0.5) is 0 Å². The number of carbonyl (C=O) groups excluding carboxylic acids is 2. The molecular weight excluding hydrogens is 168 g/mol. The van der Waals surface area contributed by atoms with Crippen LogP contribution in [0.3, 0.4) is 0 Å². The first-order valence-corrected chi connectivity index (χ1v) is 4.72. The minimum Gasteiger partial charge on any atom is -0.469 e. The van der Waals surface area contributed by atoms with Gasteiger partial charge in [0.25, 0.3) is 0 Å². The molecule has 3 nitrogen and oxygen atoms in total. The summed E-state index contributed by atoms with van der Waals surface area (Å²) in [7, 11) is 1.41. The lowest BCUT2D eigenvalue weighted by Crippen LogP contribution is -2.21. The van der Waals surface area contributed by atoms with Gasteiger partial charge in [-0.15, -0.1) is 0 Å². The standard InChI is InChI=1S/C10H16O3/c1-7(11)6-8-4-3-5-9(8)10(12)13-2/h8-9H,3-6H2,1-2H3/t8-,9-/m1/s1. The molecule has 0 aromatic carbocycles. The first kappa shape index (κ1) is 10.2. The molecule has 1 rings (SSSR count). The van der Waals surface area contributed by atoms with Crippen molar-refractivity contribution in [3.63, 3.8) is 0 Å². The molecule has 0 aromatic heterocycles. The summed E-state index contributed by atoms with van der Waals surface area (Å²) in [6.07, 6.45) is 3.43. The molecule has 1 fully saturated rings. The molecule has 0 aromatic rings. The van der Waals surface area contributed by atoms with Gasteiger partial charge in [-0.3, -0.25) is 4.79 Å². The average molecular weight is 184 g/mol. The summed E-state index contributed by atoms with van der Waals surface area (Å²) in [5, 5.41) is 0. The van der Waals surface area contributed by atoms with Gasteiger partial charge in [-0.2, -0.15) is 0 Å². The van der Waals surface area contributed by atoms with E-state index in [4.69, 9.17) is 4.74 Å². The van der Waals surface area contributed by atoms with Crippen molar-refractivity contribution in [2.75, 3.05) is 7.11 Å². The van der Waals surface area contributed by atoms with Gasteiger partial charge >= 0.3 is 5.97 Å². The number of carbonyl (C=O) groups is 2. The van der Waals surface area contributed by atoms with Crippen LogP contribution >= 0.6 is 0 Å². The van der Waals surface area contributed by atoms with E-state index in [0.717, 1.165) is 19.3 Å². The van der Waals surface area contributed by atoms with Crippen molar-refractivity contribution in [3.8, 4) is 0 Å². The normalized spacial score (nSPS) is 27.2. The Labute approximate surface area is 78.5 Å². The summed E-state index contributed by atoms with van der Waals surface area (Å²) in [5.41, 5.74) is 0. The van der Waals surface area contributed by atoms with Crippen LogP contribution in [0.5, 0.6) is 0 Å². The summed E-state index contributed by atoms with van der Waals surface area (Å²) < 4.78 is 4.70. The smallest absolute Gasteiger partial charge is 0.308 e. The van der Waals surface area contributed by atoms with E-state index >= 15 is 0 Å². The Morgan fingerprint density at radius 3 is 2.62 bits per heavy atom. The molecule has 1 aliphatic carbocycles. The Morgan fingerprint density at radius 2 is 2.08 bits per heavy atom. The topological polar surface area (TPSA) is 43.4 Å². The van der Waals surface area contributed by atoms with Crippen LogP contribution < -0.4 is 0 Å². The molecule has 2 atom stereocenters. The molecule has 0 heterocycles. The van der Waals surface area contributed by atoms with Crippen molar-refractivity contribution in [3.05, 3.63) is 0 Å². The maximum Gasteiger partial charge on any atom is 0.308 e. The molecule has 0 amide bonds. The third kappa shape index (κ3) is 2.54. The number of hydrogen-bond donors (Lipinski definition) is 0. The van der Waals surface area contributed by atoms with Gasteiger partial charge in [-0.25, -0.2) is 0 Å². The van der Waals surface area contributed by atoms with Gasteiger partial charge in [0.1, 0.15) is 5.78 Å². The molecular formula is C10H16O3. The maximum atomic E-state index is 11.3. The second-order valence-electron chi connectivity index (χ2n) is 3.73. The average Bonchev–Trinajstić information content (AvgIpc) is 2.50. The number of ether oxygens (including phenoxy) is 1. The molecule has 0 bridgehead atoms. The SMILES string of the molecule is COC(=O)[C@@H]1CCC[C@@H]1CC(C)=O.